The normalized spacial score (nSPS) is 13.2. The average molecular weight is 364 g/mol. The molecule has 0 fully saturated rings. The summed E-state index contributed by atoms with van der Waals surface area (Å²) in [6, 6.07) is 10.9. The van der Waals surface area contributed by atoms with Crippen molar-refractivity contribution in [3.63, 3.8) is 0 Å². The van der Waals surface area contributed by atoms with Crippen LogP contribution < -0.4 is 0 Å². The first kappa shape index (κ1) is 19.0. The van der Waals surface area contributed by atoms with Crippen LogP contribution in [-0.4, -0.2) is 24.6 Å². The van der Waals surface area contributed by atoms with Crippen LogP contribution >= 0.6 is 0 Å². The lowest BCUT2D eigenvalue weighted by molar-refractivity contribution is -0.140. The predicted molar refractivity (Wildman–Crippen MR) is 103 cm³/mol. The molecule has 0 N–H and O–H groups in total. The van der Waals surface area contributed by atoms with Crippen molar-refractivity contribution in [2.45, 2.75) is 45.4 Å². The molecule has 0 unspecified atom stereocenters. The molecule has 2 aromatic carbocycles. The van der Waals surface area contributed by atoms with E-state index in [0.29, 0.717) is 35.1 Å². The molecule has 0 radical (unpaired) electrons. The Kier molecular flexibility index (Phi) is 5.01. The Morgan fingerprint density at radius 2 is 1.52 bits per heavy atom. The van der Waals surface area contributed by atoms with Crippen LogP contribution in [-0.2, 0) is 14.9 Å². The summed E-state index contributed by atoms with van der Waals surface area (Å²) in [5.41, 5.74) is 3.61. The summed E-state index contributed by atoms with van der Waals surface area (Å²) >= 11 is 0. The van der Waals surface area contributed by atoms with Gasteiger partial charge in [0.15, 0.2) is 11.6 Å². The zero-order valence-electron chi connectivity index (χ0n) is 16.2. The molecule has 4 nitrogen and oxygen atoms in total. The number of ketones is 2. The highest BCUT2D eigenvalue weighted by Crippen LogP contribution is 2.34. The molecule has 1 aliphatic rings. The van der Waals surface area contributed by atoms with E-state index in [2.05, 4.69) is 13.8 Å². The van der Waals surface area contributed by atoms with Gasteiger partial charge >= 0.3 is 5.97 Å². The number of hydrogen-bond donors (Lipinski definition) is 0. The molecule has 0 aliphatic heterocycles. The number of hydrogen-bond acceptors (Lipinski definition) is 4. The van der Waals surface area contributed by atoms with Crippen LogP contribution in [0.25, 0.3) is 0 Å². The van der Waals surface area contributed by atoms with Gasteiger partial charge in [0.25, 0.3) is 0 Å². The van der Waals surface area contributed by atoms with Crippen molar-refractivity contribution < 1.29 is 19.1 Å². The third-order valence-corrected chi connectivity index (χ3v) is 5.36. The second kappa shape index (κ2) is 7.10. The van der Waals surface area contributed by atoms with Gasteiger partial charge in [-0.15, -0.1) is 0 Å². The van der Waals surface area contributed by atoms with E-state index in [1.807, 2.05) is 25.1 Å². The molecular weight excluding hydrogens is 340 g/mol. The van der Waals surface area contributed by atoms with Gasteiger partial charge in [0.05, 0.1) is 7.11 Å². The average Bonchev–Trinajstić information content (AvgIpc) is 2.65. The molecule has 4 heteroatoms. The molecular formula is C23H24O4. The maximum Gasteiger partial charge on any atom is 0.305 e. The van der Waals surface area contributed by atoms with Gasteiger partial charge in [-0.1, -0.05) is 37.6 Å². The number of carbonyl (C=O) groups is 3. The van der Waals surface area contributed by atoms with E-state index in [-0.39, 0.29) is 23.0 Å². The van der Waals surface area contributed by atoms with Crippen molar-refractivity contribution in [1.29, 1.82) is 0 Å². The zero-order valence-corrected chi connectivity index (χ0v) is 16.2. The lowest BCUT2D eigenvalue weighted by Gasteiger charge is -2.27. The highest BCUT2D eigenvalue weighted by molar-refractivity contribution is 6.28. The zero-order chi connectivity index (χ0) is 19.8. The molecule has 0 amide bonds. The largest absolute Gasteiger partial charge is 0.469 e. The van der Waals surface area contributed by atoms with Gasteiger partial charge < -0.3 is 4.74 Å². The van der Waals surface area contributed by atoms with Gasteiger partial charge in [-0.05, 0) is 48.9 Å². The number of fused-ring (bicyclic) bond motifs is 2. The molecule has 1 aliphatic carbocycles. The summed E-state index contributed by atoms with van der Waals surface area (Å²) in [5, 5.41) is 0. The molecule has 0 aromatic heterocycles. The van der Waals surface area contributed by atoms with Crippen molar-refractivity contribution in [2.24, 2.45) is 0 Å². The Morgan fingerprint density at radius 3 is 2.19 bits per heavy atom. The second-order valence-electron chi connectivity index (χ2n) is 7.78. The molecule has 0 atom stereocenters. The minimum atomic E-state index is -0.223. The Morgan fingerprint density at radius 1 is 0.926 bits per heavy atom. The van der Waals surface area contributed by atoms with E-state index < -0.39 is 0 Å². The lowest BCUT2D eigenvalue weighted by Crippen LogP contribution is -2.24. The van der Waals surface area contributed by atoms with E-state index >= 15 is 0 Å². The van der Waals surface area contributed by atoms with Crippen LogP contribution in [0, 0.1) is 6.92 Å². The van der Waals surface area contributed by atoms with Crippen LogP contribution in [0.3, 0.4) is 0 Å². The van der Waals surface area contributed by atoms with E-state index in [1.54, 1.807) is 18.2 Å². The van der Waals surface area contributed by atoms with Crippen LogP contribution in [0.5, 0.6) is 0 Å². The number of methoxy groups -OCH3 is 1. The smallest absolute Gasteiger partial charge is 0.305 e. The van der Waals surface area contributed by atoms with Crippen molar-refractivity contribution in [3.8, 4) is 0 Å². The molecule has 0 saturated carbocycles. The molecule has 27 heavy (non-hydrogen) atoms. The number of carbonyl (C=O) groups excluding carboxylic acids is 3. The number of ether oxygens (including phenoxy) is 1. The first-order valence-electron chi connectivity index (χ1n) is 9.16. The van der Waals surface area contributed by atoms with Gasteiger partial charge in [-0.25, -0.2) is 0 Å². The molecule has 0 heterocycles. The number of rotatable bonds is 5. The van der Waals surface area contributed by atoms with Gasteiger partial charge in [-0.3, -0.25) is 14.4 Å². The van der Waals surface area contributed by atoms with Crippen LogP contribution in [0.1, 0.15) is 76.1 Å². The predicted octanol–water partition coefficient (Wildman–Crippen LogP) is 4.39. The first-order valence-corrected chi connectivity index (χ1v) is 9.16. The van der Waals surface area contributed by atoms with Crippen LogP contribution in [0.2, 0.25) is 0 Å². The summed E-state index contributed by atoms with van der Waals surface area (Å²) in [4.78, 5) is 37.2. The fraction of sp³-hybridized carbons (Fsp3) is 0.348. The fourth-order valence-corrected chi connectivity index (χ4v) is 3.61. The minimum Gasteiger partial charge on any atom is -0.469 e. The van der Waals surface area contributed by atoms with Crippen LogP contribution in [0.15, 0.2) is 36.4 Å². The summed E-state index contributed by atoms with van der Waals surface area (Å²) < 4.78 is 4.69. The number of aryl methyl sites for hydroxylation is 1. The lowest BCUT2D eigenvalue weighted by atomic mass is 9.76. The van der Waals surface area contributed by atoms with Gasteiger partial charge in [0, 0.05) is 28.7 Å². The Bertz CT molecular complexity index is 937. The highest BCUT2D eigenvalue weighted by atomic mass is 16.5. The van der Waals surface area contributed by atoms with E-state index in [1.165, 1.54) is 7.11 Å². The highest BCUT2D eigenvalue weighted by Gasteiger charge is 2.31. The molecule has 0 spiro atoms. The standard InChI is InChI=1S/C23H24O4/c1-14-7-9-16-18(12-14)22(26)19-13-15(8-10-17(19)21(16)25)23(2,3)11-5-6-20(24)27-4/h7-10,12-13H,5-6,11H2,1-4H3. The molecule has 140 valence electrons. The Labute approximate surface area is 159 Å². The van der Waals surface area contributed by atoms with Gasteiger partial charge in [0.2, 0.25) is 0 Å². The number of esters is 1. The molecule has 0 saturated heterocycles. The maximum absolute atomic E-state index is 13.0. The van der Waals surface area contributed by atoms with Gasteiger partial charge in [0.1, 0.15) is 0 Å². The van der Waals surface area contributed by atoms with Crippen molar-refractivity contribution in [3.05, 3.63) is 69.8 Å². The summed E-state index contributed by atoms with van der Waals surface area (Å²) in [6.07, 6.45) is 1.85. The summed E-state index contributed by atoms with van der Waals surface area (Å²) in [7, 11) is 1.39. The monoisotopic (exact) mass is 364 g/mol. The molecule has 2 aromatic rings. The third kappa shape index (κ3) is 3.57. The minimum absolute atomic E-state index is 0.101. The first-order chi connectivity index (χ1) is 12.7. The van der Waals surface area contributed by atoms with Crippen molar-refractivity contribution in [1.82, 2.24) is 0 Å². The van der Waals surface area contributed by atoms with E-state index in [0.717, 1.165) is 17.5 Å². The van der Waals surface area contributed by atoms with E-state index in [9.17, 15) is 14.4 Å². The van der Waals surface area contributed by atoms with Crippen molar-refractivity contribution >= 4 is 17.5 Å². The topological polar surface area (TPSA) is 60.4 Å². The van der Waals surface area contributed by atoms with E-state index in [4.69, 9.17) is 4.74 Å². The van der Waals surface area contributed by atoms with Crippen molar-refractivity contribution in [2.75, 3.05) is 7.11 Å². The molecule has 3 rings (SSSR count). The quantitative estimate of drug-likeness (QED) is 0.630. The second-order valence-corrected chi connectivity index (χ2v) is 7.78. The third-order valence-electron chi connectivity index (χ3n) is 5.36. The SMILES string of the molecule is COC(=O)CCCC(C)(C)c1ccc2c(c1)C(=O)c1cc(C)ccc1C2=O. The van der Waals surface area contributed by atoms with Crippen LogP contribution in [0.4, 0.5) is 0 Å². The van der Waals surface area contributed by atoms with Gasteiger partial charge in [-0.2, -0.15) is 0 Å². The summed E-state index contributed by atoms with van der Waals surface area (Å²) in [5.74, 6) is -0.422. The summed E-state index contributed by atoms with van der Waals surface area (Å²) in [6.45, 7) is 6.08. The maximum atomic E-state index is 13.0. The fourth-order valence-electron chi connectivity index (χ4n) is 3.61. The Balaban J connectivity index is 1.92. The Hall–Kier alpha value is -2.75. The molecule has 0 bridgehead atoms. The number of benzene rings is 2.